The molecule has 3 nitrogen and oxygen atoms in total. The summed E-state index contributed by atoms with van der Waals surface area (Å²) in [5, 5.41) is 7.14. The maximum absolute atomic E-state index is 5.38. The van der Waals surface area contributed by atoms with E-state index < -0.39 is 0 Å². The van der Waals surface area contributed by atoms with Crippen molar-refractivity contribution in [3.05, 3.63) is 65.2 Å². The summed E-state index contributed by atoms with van der Waals surface area (Å²) in [7, 11) is 4.32. The van der Waals surface area contributed by atoms with E-state index in [1.54, 1.807) is 0 Å². The van der Waals surface area contributed by atoms with Crippen LogP contribution in [0.1, 0.15) is 36.5 Å². The van der Waals surface area contributed by atoms with Gasteiger partial charge in [0.2, 0.25) is 0 Å². The van der Waals surface area contributed by atoms with Gasteiger partial charge >= 0.3 is 0 Å². The molecule has 0 fully saturated rings. The SMILES string of the molecule is CC(C)c1ccc(NC(=S)NCc2ccc(C[NH+](C)C)cc2)cc1. The fourth-order valence-electron chi connectivity index (χ4n) is 2.49. The van der Waals surface area contributed by atoms with Gasteiger partial charge in [-0.25, -0.2) is 0 Å². The predicted molar refractivity (Wildman–Crippen MR) is 107 cm³/mol. The number of anilines is 1. The van der Waals surface area contributed by atoms with Crippen LogP contribution in [0, 0.1) is 0 Å². The molecule has 128 valence electrons. The smallest absolute Gasteiger partial charge is 0.171 e. The molecule has 0 aliphatic rings. The molecule has 0 aliphatic heterocycles. The van der Waals surface area contributed by atoms with Crippen molar-refractivity contribution in [1.82, 2.24) is 5.32 Å². The number of rotatable bonds is 6. The Hall–Kier alpha value is -1.91. The Morgan fingerprint density at radius 3 is 2.08 bits per heavy atom. The predicted octanol–water partition coefficient (Wildman–Crippen LogP) is 2.94. The summed E-state index contributed by atoms with van der Waals surface area (Å²) in [6.45, 7) is 6.16. The minimum atomic E-state index is 0.543. The van der Waals surface area contributed by atoms with E-state index in [-0.39, 0.29) is 0 Å². The molecule has 0 radical (unpaired) electrons. The van der Waals surface area contributed by atoms with Gasteiger partial charge < -0.3 is 15.5 Å². The standard InChI is InChI=1S/C20H27N3S/c1-15(2)18-9-11-19(12-10-18)22-20(24)21-13-16-5-7-17(8-6-16)14-23(3)4/h5-12,15H,13-14H2,1-4H3,(H2,21,22,24)/p+1. The van der Waals surface area contributed by atoms with Crippen LogP contribution in [0.25, 0.3) is 0 Å². The van der Waals surface area contributed by atoms with Crippen LogP contribution in [0.15, 0.2) is 48.5 Å². The van der Waals surface area contributed by atoms with Gasteiger partial charge in [-0.15, -0.1) is 0 Å². The molecule has 0 unspecified atom stereocenters. The fraction of sp³-hybridized carbons (Fsp3) is 0.350. The van der Waals surface area contributed by atoms with Crippen LogP contribution in [0.4, 0.5) is 5.69 Å². The second kappa shape index (κ2) is 8.81. The molecule has 2 aromatic rings. The maximum Gasteiger partial charge on any atom is 0.171 e. The topological polar surface area (TPSA) is 28.5 Å². The average molecular weight is 343 g/mol. The molecule has 0 aromatic heterocycles. The first-order chi connectivity index (χ1) is 11.4. The normalized spacial score (nSPS) is 10.9. The van der Waals surface area contributed by atoms with E-state index in [1.165, 1.54) is 21.6 Å². The number of thiocarbonyl (C=S) groups is 1. The number of hydrogen-bond acceptors (Lipinski definition) is 1. The van der Waals surface area contributed by atoms with E-state index in [0.717, 1.165) is 18.8 Å². The van der Waals surface area contributed by atoms with Gasteiger partial charge in [-0.05, 0) is 41.4 Å². The molecule has 0 aliphatic carbocycles. The summed E-state index contributed by atoms with van der Waals surface area (Å²) in [4.78, 5) is 1.43. The van der Waals surface area contributed by atoms with E-state index in [0.29, 0.717) is 11.0 Å². The van der Waals surface area contributed by atoms with Crippen molar-refractivity contribution >= 4 is 23.0 Å². The second-order valence-corrected chi connectivity index (χ2v) is 7.19. The van der Waals surface area contributed by atoms with Crippen molar-refractivity contribution in [2.45, 2.75) is 32.9 Å². The largest absolute Gasteiger partial charge is 0.358 e. The third-order valence-electron chi connectivity index (χ3n) is 3.87. The lowest BCUT2D eigenvalue weighted by molar-refractivity contribution is -0.872. The van der Waals surface area contributed by atoms with Crippen LogP contribution >= 0.6 is 12.2 Å². The molecule has 2 aromatic carbocycles. The van der Waals surface area contributed by atoms with Crippen molar-refractivity contribution in [3.8, 4) is 0 Å². The van der Waals surface area contributed by atoms with Gasteiger partial charge in [0, 0.05) is 17.8 Å². The van der Waals surface area contributed by atoms with Crippen LogP contribution in [0.3, 0.4) is 0 Å². The lowest BCUT2D eigenvalue weighted by Crippen LogP contribution is -3.04. The maximum atomic E-state index is 5.38. The fourth-order valence-corrected chi connectivity index (χ4v) is 2.68. The van der Waals surface area contributed by atoms with E-state index in [1.807, 2.05) is 0 Å². The van der Waals surface area contributed by atoms with E-state index in [4.69, 9.17) is 12.2 Å². The molecular weight excluding hydrogens is 314 g/mol. The highest BCUT2D eigenvalue weighted by molar-refractivity contribution is 7.80. The molecule has 0 saturated heterocycles. The summed E-state index contributed by atoms with van der Waals surface area (Å²) >= 11 is 5.38. The molecular formula is C20H28N3S+. The number of quaternary nitrogens is 1. The average Bonchev–Trinajstić information content (AvgIpc) is 2.54. The lowest BCUT2D eigenvalue weighted by Gasteiger charge is -2.12. The van der Waals surface area contributed by atoms with Crippen molar-refractivity contribution in [2.24, 2.45) is 0 Å². The highest BCUT2D eigenvalue weighted by atomic mass is 32.1. The van der Waals surface area contributed by atoms with Crippen molar-refractivity contribution in [1.29, 1.82) is 0 Å². The van der Waals surface area contributed by atoms with Gasteiger partial charge in [0.15, 0.2) is 5.11 Å². The summed E-state index contributed by atoms with van der Waals surface area (Å²) < 4.78 is 0. The molecule has 0 bridgehead atoms. The first-order valence-electron chi connectivity index (χ1n) is 8.45. The van der Waals surface area contributed by atoms with Crippen molar-refractivity contribution < 1.29 is 4.90 Å². The van der Waals surface area contributed by atoms with Crippen molar-refractivity contribution in [3.63, 3.8) is 0 Å². The van der Waals surface area contributed by atoms with Gasteiger partial charge in [0.05, 0.1) is 14.1 Å². The molecule has 0 spiro atoms. The second-order valence-electron chi connectivity index (χ2n) is 6.78. The van der Waals surface area contributed by atoms with E-state index in [9.17, 15) is 0 Å². The summed E-state index contributed by atoms with van der Waals surface area (Å²) in [5.74, 6) is 0.543. The minimum Gasteiger partial charge on any atom is -0.358 e. The Kier molecular flexibility index (Phi) is 6.76. The van der Waals surface area contributed by atoms with Crippen LogP contribution in [0.5, 0.6) is 0 Å². The van der Waals surface area contributed by atoms with E-state index in [2.05, 4.69) is 87.1 Å². The zero-order valence-electron chi connectivity index (χ0n) is 15.0. The Labute approximate surface area is 151 Å². The lowest BCUT2D eigenvalue weighted by atomic mass is 10.0. The molecule has 0 saturated carbocycles. The zero-order chi connectivity index (χ0) is 17.5. The van der Waals surface area contributed by atoms with Gasteiger partial charge in [0.25, 0.3) is 0 Å². The third kappa shape index (κ3) is 5.95. The molecule has 24 heavy (non-hydrogen) atoms. The summed E-state index contributed by atoms with van der Waals surface area (Å²) in [6, 6.07) is 17.1. The Morgan fingerprint density at radius 1 is 0.958 bits per heavy atom. The summed E-state index contributed by atoms with van der Waals surface area (Å²) in [5.41, 5.74) is 4.93. The third-order valence-corrected chi connectivity index (χ3v) is 4.12. The number of benzene rings is 2. The molecule has 3 N–H and O–H groups in total. The molecule has 0 atom stereocenters. The van der Waals surface area contributed by atoms with Crippen LogP contribution in [-0.2, 0) is 13.1 Å². The summed E-state index contributed by atoms with van der Waals surface area (Å²) in [6.07, 6.45) is 0. The van der Waals surface area contributed by atoms with E-state index >= 15 is 0 Å². The van der Waals surface area contributed by atoms with Crippen molar-refractivity contribution in [2.75, 3.05) is 19.4 Å². The Morgan fingerprint density at radius 2 is 1.54 bits per heavy atom. The van der Waals surface area contributed by atoms with Gasteiger partial charge in [-0.2, -0.15) is 0 Å². The highest BCUT2D eigenvalue weighted by Gasteiger charge is 2.02. The van der Waals surface area contributed by atoms with Gasteiger partial charge in [-0.1, -0.05) is 50.2 Å². The first-order valence-corrected chi connectivity index (χ1v) is 8.86. The Bertz CT molecular complexity index is 646. The minimum absolute atomic E-state index is 0.543. The first kappa shape index (κ1) is 18.4. The highest BCUT2D eigenvalue weighted by Crippen LogP contribution is 2.17. The monoisotopic (exact) mass is 342 g/mol. The number of hydrogen-bond donors (Lipinski definition) is 3. The molecule has 0 amide bonds. The van der Waals surface area contributed by atoms with Crippen LogP contribution < -0.4 is 15.5 Å². The Balaban J connectivity index is 1.82. The number of nitrogens with one attached hydrogen (secondary N) is 3. The van der Waals surface area contributed by atoms with Crippen LogP contribution in [0.2, 0.25) is 0 Å². The zero-order valence-corrected chi connectivity index (χ0v) is 15.8. The molecule has 0 heterocycles. The quantitative estimate of drug-likeness (QED) is 0.705. The molecule has 2 rings (SSSR count). The molecule has 4 heteroatoms. The van der Waals surface area contributed by atoms with Gasteiger partial charge in [0.1, 0.15) is 6.54 Å². The van der Waals surface area contributed by atoms with Gasteiger partial charge in [-0.3, -0.25) is 0 Å². The van der Waals surface area contributed by atoms with Crippen LogP contribution in [-0.4, -0.2) is 19.2 Å².